The number of allylic oxidation sites excluding steroid dienone is 1. The molecule has 0 bridgehead atoms. The first kappa shape index (κ1) is 23.1. The number of nitrogens with two attached hydrogens (primary N) is 2. The zero-order valence-electron chi connectivity index (χ0n) is 18.6. The summed E-state index contributed by atoms with van der Waals surface area (Å²) in [6, 6.07) is 20.1. The quantitative estimate of drug-likeness (QED) is 0.358. The van der Waals surface area contributed by atoms with Crippen molar-refractivity contribution in [3.63, 3.8) is 0 Å². The Hall–Kier alpha value is -4.04. The number of halogens is 2. The molecule has 3 aromatic rings. The topological polar surface area (TPSA) is 94.6 Å². The van der Waals surface area contributed by atoms with Crippen LogP contribution in [-0.4, -0.2) is 12.7 Å². The minimum Gasteiger partial charge on any atom is -0.455 e. The second-order valence-electron chi connectivity index (χ2n) is 7.87. The van der Waals surface area contributed by atoms with Gasteiger partial charge >= 0.3 is 6.11 Å². The van der Waals surface area contributed by atoms with E-state index in [0.717, 1.165) is 23.1 Å². The molecule has 4 rings (SSSR count). The van der Waals surface area contributed by atoms with Crippen molar-refractivity contribution in [2.24, 2.45) is 5.73 Å². The Morgan fingerprint density at radius 2 is 1.71 bits per heavy atom. The van der Waals surface area contributed by atoms with Crippen LogP contribution in [0.1, 0.15) is 18.1 Å². The summed E-state index contributed by atoms with van der Waals surface area (Å²) in [7, 11) is 0. The highest BCUT2D eigenvalue weighted by Crippen LogP contribution is 2.35. The summed E-state index contributed by atoms with van der Waals surface area (Å²) in [4.78, 5) is 0. The van der Waals surface area contributed by atoms with Crippen LogP contribution in [0.5, 0.6) is 11.5 Å². The van der Waals surface area contributed by atoms with E-state index < -0.39 is 6.11 Å². The number of rotatable bonds is 8. The number of anilines is 1. The molecule has 0 aromatic heterocycles. The fourth-order valence-corrected chi connectivity index (χ4v) is 3.59. The van der Waals surface area contributed by atoms with Crippen LogP contribution in [0.4, 0.5) is 14.5 Å². The van der Waals surface area contributed by atoms with Gasteiger partial charge in [-0.15, -0.1) is 0 Å². The minimum absolute atomic E-state index is 0.0408. The number of ether oxygens (including phenoxy) is 2. The lowest BCUT2D eigenvalue weighted by molar-refractivity contribution is -0.159. The summed E-state index contributed by atoms with van der Waals surface area (Å²) < 4.78 is 38.0. The van der Waals surface area contributed by atoms with Crippen LogP contribution in [0.15, 0.2) is 84.8 Å². The minimum atomic E-state index is -3.32. The Morgan fingerprint density at radius 1 is 0.941 bits per heavy atom. The van der Waals surface area contributed by atoms with E-state index in [0.29, 0.717) is 41.9 Å². The van der Waals surface area contributed by atoms with Crippen molar-refractivity contribution in [3.8, 4) is 22.6 Å². The smallest absolute Gasteiger partial charge is 0.394 e. The monoisotopic (exact) mass is 464 g/mol. The molecule has 0 saturated carbocycles. The lowest BCUT2D eigenvalue weighted by atomic mass is 10.0. The second kappa shape index (κ2) is 9.84. The Kier molecular flexibility index (Phi) is 6.70. The highest BCUT2D eigenvalue weighted by atomic mass is 19.3. The number of hydrogen-bond donors (Lipinski definition) is 4. The molecule has 0 unspecified atom stereocenters. The van der Waals surface area contributed by atoms with Gasteiger partial charge in [0.05, 0.1) is 11.9 Å². The first-order chi connectivity index (χ1) is 16.3. The molecule has 0 spiro atoms. The molecule has 0 aliphatic carbocycles. The average Bonchev–Trinajstić information content (AvgIpc) is 2.80. The molecule has 6 N–H and O–H groups in total. The van der Waals surface area contributed by atoms with Gasteiger partial charge in [0.25, 0.3) is 0 Å². The first-order valence-corrected chi connectivity index (χ1v) is 10.8. The van der Waals surface area contributed by atoms with E-state index in [1.165, 1.54) is 6.07 Å². The molecule has 8 heteroatoms. The summed E-state index contributed by atoms with van der Waals surface area (Å²) in [5, 5.41) is 0. The van der Waals surface area contributed by atoms with Crippen molar-refractivity contribution >= 4 is 11.4 Å². The molecule has 1 aliphatic heterocycles. The van der Waals surface area contributed by atoms with Crippen LogP contribution < -0.4 is 31.8 Å². The van der Waals surface area contributed by atoms with E-state index in [9.17, 15) is 8.78 Å². The van der Waals surface area contributed by atoms with Gasteiger partial charge in [0.15, 0.2) is 0 Å². The molecule has 0 fully saturated rings. The van der Waals surface area contributed by atoms with E-state index in [-0.39, 0.29) is 5.75 Å². The summed E-state index contributed by atoms with van der Waals surface area (Å²) in [5.74, 6) is 1.05. The molecular weight excluding hydrogens is 438 g/mol. The number of alkyl halides is 2. The normalized spacial score (nSPS) is 13.3. The highest BCUT2D eigenvalue weighted by Gasteiger charge is 2.25. The van der Waals surface area contributed by atoms with Gasteiger partial charge in [-0.2, -0.15) is 8.78 Å². The van der Waals surface area contributed by atoms with Crippen LogP contribution in [0.25, 0.3) is 16.8 Å². The number of para-hydroxylation sites is 1. The van der Waals surface area contributed by atoms with Gasteiger partial charge in [0, 0.05) is 35.9 Å². The lowest BCUT2D eigenvalue weighted by Crippen LogP contribution is -2.30. The van der Waals surface area contributed by atoms with Crippen LogP contribution in [0.2, 0.25) is 0 Å². The van der Waals surface area contributed by atoms with E-state index in [1.807, 2.05) is 36.4 Å². The van der Waals surface area contributed by atoms with Crippen molar-refractivity contribution in [1.82, 2.24) is 10.9 Å². The SMILES string of the molecule is CC(F)(F)Oc1ccccc1C1=CC(Oc2cc(N)ccc2-c2ccc(CCN)cc2)=CNN1. The highest BCUT2D eigenvalue weighted by molar-refractivity contribution is 5.75. The average molecular weight is 465 g/mol. The third kappa shape index (κ3) is 5.65. The van der Waals surface area contributed by atoms with Crippen molar-refractivity contribution < 1.29 is 18.3 Å². The van der Waals surface area contributed by atoms with Crippen LogP contribution in [-0.2, 0) is 6.42 Å². The van der Waals surface area contributed by atoms with Gasteiger partial charge in [0.1, 0.15) is 17.3 Å². The van der Waals surface area contributed by atoms with Crippen molar-refractivity contribution in [3.05, 3.63) is 95.9 Å². The van der Waals surface area contributed by atoms with Crippen molar-refractivity contribution in [2.75, 3.05) is 12.3 Å². The van der Waals surface area contributed by atoms with Crippen molar-refractivity contribution in [2.45, 2.75) is 19.5 Å². The standard InChI is InChI=1S/C26H26F2N4O2/c1-26(27,28)34-24-5-3-2-4-22(24)23-15-20(16-31-32-23)33-25-14-19(30)10-11-21(25)18-8-6-17(7-9-18)12-13-29/h2-11,14-16,31-32H,12-13,29-30H2,1H3. The Bertz CT molecular complexity index is 1220. The number of hydrogen-bond acceptors (Lipinski definition) is 6. The largest absolute Gasteiger partial charge is 0.455 e. The number of nitrogen functional groups attached to an aromatic ring is 1. The lowest BCUT2D eigenvalue weighted by Gasteiger charge is -2.22. The molecule has 176 valence electrons. The van der Waals surface area contributed by atoms with Crippen LogP contribution in [0, 0.1) is 0 Å². The fraction of sp³-hybridized carbons (Fsp3) is 0.154. The van der Waals surface area contributed by atoms with E-state index in [1.54, 1.807) is 36.5 Å². The van der Waals surface area contributed by atoms with E-state index >= 15 is 0 Å². The van der Waals surface area contributed by atoms with Gasteiger partial charge in [-0.1, -0.05) is 36.4 Å². The predicted octanol–water partition coefficient (Wildman–Crippen LogP) is 4.80. The van der Waals surface area contributed by atoms with Gasteiger partial charge in [-0.05, 0) is 48.4 Å². The number of hydrazine groups is 1. The third-order valence-corrected chi connectivity index (χ3v) is 5.11. The molecule has 34 heavy (non-hydrogen) atoms. The molecule has 0 atom stereocenters. The molecule has 6 nitrogen and oxygen atoms in total. The third-order valence-electron chi connectivity index (χ3n) is 5.11. The fourth-order valence-electron chi connectivity index (χ4n) is 3.59. The van der Waals surface area contributed by atoms with E-state index in [2.05, 4.69) is 10.9 Å². The zero-order valence-corrected chi connectivity index (χ0v) is 18.6. The second-order valence-corrected chi connectivity index (χ2v) is 7.87. The first-order valence-electron chi connectivity index (χ1n) is 10.8. The number of benzene rings is 3. The molecule has 0 amide bonds. The number of nitrogens with one attached hydrogen (secondary N) is 2. The summed E-state index contributed by atoms with van der Waals surface area (Å²) in [5.41, 5.74) is 22.0. The molecule has 1 heterocycles. The maximum Gasteiger partial charge on any atom is 0.394 e. The zero-order chi connectivity index (χ0) is 24.1. The van der Waals surface area contributed by atoms with Gasteiger partial charge in [-0.25, -0.2) is 0 Å². The maximum atomic E-state index is 13.5. The van der Waals surface area contributed by atoms with Crippen LogP contribution >= 0.6 is 0 Å². The molecule has 3 aromatic carbocycles. The molecule has 0 radical (unpaired) electrons. The maximum absolute atomic E-state index is 13.5. The Balaban J connectivity index is 1.63. The van der Waals surface area contributed by atoms with Crippen molar-refractivity contribution in [1.29, 1.82) is 0 Å². The Labute approximate surface area is 196 Å². The summed E-state index contributed by atoms with van der Waals surface area (Å²) in [6.45, 7) is 1.28. The molecule has 0 saturated heterocycles. The summed E-state index contributed by atoms with van der Waals surface area (Å²) >= 11 is 0. The van der Waals surface area contributed by atoms with E-state index in [4.69, 9.17) is 20.9 Å². The van der Waals surface area contributed by atoms with Gasteiger partial charge in [-0.3, -0.25) is 0 Å². The molecular formula is C26H26F2N4O2. The predicted molar refractivity (Wildman–Crippen MR) is 130 cm³/mol. The Morgan fingerprint density at radius 3 is 2.44 bits per heavy atom. The summed E-state index contributed by atoms with van der Waals surface area (Å²) in [6.07, 6.45) is 0.812. The van der Waals surface area contributed by atoms with Crippen LogP contribution in [0.3, 0.4) is 0 Å². The van der Waals surface area contributed by atoms with Gasteiger partial charge < -0.3 is 31.8 Å². The van der Waals surface area contributed by atoms with Gasteiger partial charge in [0.2, 0.25) is 0 Å². The molecule has 1 aliphatic rings.